The number of hydrogen-bond donors (Lipinski definition) is 1. The van der Waals surface area contributed by atoms with Gasteiger partial charge in [-0.3, -0.25) is 4.79 Å². The summed E-state index contributed by atoms with van der Waals surface area (Å²) in [5.41, 5.74) is -0.138. The van der Waals surface area contributed by atoms with Crippen molar-refractivity contribution in [1.29, 1.82) is 0 Å². The largest absolute Gasteiger partial charge is 0.476 e. The van der Waals surface area contributed by atoms with E-state index in [1.54, 1.807) is 0 Å². The molecule has 0 saturated carbocycles. The molecular formula is C14H23N3O3S. The standard InChI is InChI=1S/C14H23N3O3S/c1-9(2)8-17(7-6-16(4)5)14-15-11(13(19)20)12(21-14)10(3)18/h9H,6-8H2,1-5H3,(H,19,20). The Bertz CT molecular complexity index is 480. The Morgan fingerprint density at radius 2 is 1.90 bits per heavy atom. The second-order valence-corrected chi connectivity index (χ2v) is 6.66. The van der Waals surface area contributed by atoms with Crippen LogP contribution in [0.2, 0.25) is 0 Å². The van der Waals surface area contributed by atoms with Crippen LogP contribution in [0.4, 0.5) is 5.13 Å². The molecule has 1 rings (SSSR count). The summed E-state index contributed by atoms with van der Waals surface area (Å²) in [6, 6.07) is 0. The number of anilines is 1. The second kappa shape index (κ2) is 7.51. The minimum absolute atomic E-state index is 0.138. The smallest absolute Gasteiger partial charge is 0.356 e. The maximum atomic E-state index is 11.6. The molecule has 0 aliphatic carbocycles. The van der Waals surface area contributed by atoms with Gasteiger partial charge >= 0.3 is 5.97 Å². The highest BCUT2D eigenvalue weighted by Crippen LogP contribution is 2.27. The van der Waals surface area contributed by atoms with E-state index >= 15 is 0 Å². The molecule has 0 amide bonds. The van der Waals surface area contributed by atoms with Gasteiger partial charge in [0.2, 0.25) is 0 Å². The van der Waals surface area contributed by atoms with Crippen molar-refractivity contribution in [3.63, 3.8) is 0 Å². The molecule has 0 radical (unpaired) electrons. The number of nitrogens with zero attached hydrogens (tertiary/aromatic N) is 3. The third kappa shape index (κ3) is 5.09. The van der Waals surface area contributed by atoms with E-state index in [-0.39, 0.29) is 16.4 Å². The molecule has 21 heavy (non-hydrogen) atoms. The first-order valence-corrected chi connectivity index (χ1v) is 7.68. The van der Waals surface area contributed by atoms with Gasteiger partial charge in [0.25, 0.3) is 0 Å². The Morgan fingerprint density at radius 3 is 2.29 bits per heavy atom. The molecule has 1 N–H and O–H groups in total. The fourth-order valence-electron chi connectivity index (χ4n) is 1.85. The first kappa shape index (κ1) is 17.6. The van der Waals surface area contributed by atoms with Crippen LogP contribution in [0.1, 0.15) is 40.9 Å². The van der Waals surface area contributed by atoms with Crippen molar-refractivity contribution < 1.29 is 14.7 Å². The molecule has 1 aromatic rings. The van der Waals surface area contributed by atoms with E-state index in [0.717, 1.165) is 31.0 Å². The lowest BCUT2D eigenvalue weighted by Crippen LogP contribution is -2.34. The van der Waals surface area contributed by atoms with Gasteiger partial charge in [-0.15, -0.1) is 0 Å². The Labute approximate surface area is 129 Å². The van der Waals surface area contributed by atoms with Gasteiger partial charge in [-0.25, -0.2) is 9.78 Å². The summed E-state index contributed by atoms with van der Waals surface area (Å²) in [7, 11) is 3.97. The summed E-state index contributed by atoms with van der Waals surface area (Å²) in [4.78, 5) is 31.3. The Morgan fingerprint density at radius 1 is 1.29 bits per heavy atom. The molecule has 0 bridgehead atoms. The minimum atomic E-state index is -1.15. The summed E-state index contributed by atoms with van der Waals surface area (Å²) in [6.45, 7) is 7.92. The lowest BCUT2D eigenvalue weighted by molar-refractivity contribution is 0.0687. The maximum absolute atomic E-state index is 11.6. The molecule has 118 valence electrons. The number of carbonyl (C=O) groups is 2. The lowest BCUT2D eigenvalue weighted by Gasteiger charge is -2.25. The average molecular weight is 313 g/mol. The highest BCUT2D eigenvalue weighted by Gasteiger charge is 2.23. The second-order valence-electron chi connectivity index (χ2n) is 5.68. The number of ketones is 1. The quantitative estimate of drug-likeness (QED) is 0.741. The average Bonchev–Trinajstić information content (AvgIpc) is 2.78. The zero-order valence-electron chi connectivity index (χ0n) is 13.2. The number of carboxylic acids is 1. The van der Waals surface area contributed by atoms with Crippen LogP contribution in [0.25, 0.3) is 0 Å². The first-order chi connectivity index (χ1) is 9.72. The van der Waals surface area contributed by atoms with E-state index in [2.05, 4.69) is 23.7 Å². The fourth-order valence-corrected chi connectivity index (χ4v) is 2.84. The van der Waals surface area contributed by atoms with Crippen LogP contribution in [-0.2, 0) is 0 Å². The summed E-state index contributed by atoms with van der Waals surface area (Å²) < 4.78 is 0. The lowest BCUT2D eigenvalue weighted by atomic mass is 10.2. The summed E-state index contributed by atoms with van der Waals surface area (Å²) >= 11 is 1.16. The fraction of sp³-hybridized carbons (Fsp3) is 0.643. The zero-order valence-corrected chi connectivity index (χ0v) is 14.0. The minimum Gasteiger partial charge on any atom is -0.476 e. The van der Waals surface area contributed by atoms with Gasteiger partial charge in [0, 0.05) is 26.6 Å². The predicted octanol–water partition coefficient (Wildman–Crippen LogP) is 2.07. The Balaban J connectivity index is 3.08. The van der Waals surface area contributed by atoms with Crippen molar-refractivity contribution in [1.82, 2.24) is 9.88 Å². The van der Waals surface area contributed by atoms with Crippen molar-refractivity contribution in [2.45, 2.75) is 20.8 Å². The monoisotopic (exact) mass is 313 g/mol. The van der Waals surface area contributed by atoms with E-state index in [9.17, 15) is 14.7 Å². The van der Waals surface area contributed by atoms with E-state index in [1.807, 2.05) is 19.0 Å². The van der Waals surface area contributed by atoms with Gasteiger partial charge in [0.1, 0.15) is 4.88 Å². The third-order valence-electron chi connectivity index (χ3n) is 2.81. The highest BCUT2D eigenvalue weighted by molar-refractivity contribution is 7.17. The van der Waals surface area contributed by atoms with Crippen LogP contribution >= 0.6 is 11.3 Å². The number of hydrogen-bond acceptors (Lipinski definition) is 6. The van der Waals surface area contributed by atoms with Gasteiger partial charge in [-0.05, 0) is 20.0 Å². The Kier molecular flexibility index (Phi) is 6.29. The number of carboxylic acid groups (broad SMARTS) is 1. The van der Waals surface area contributed by atoms with Crippen LogP contribution in [0, 0.1) is 5.92 Å². The molecule has 0 atom stereocenters. The number of thiazole rings is 1. The third-order valence-corrected chi connectivity index (χ3v) is 4.03. The molecule has 0 aromatic carbocycles. The normalized spacial score (nSPS) is 11.2. The Hall–Kier alpha value is -1.47. The molecule has 7 heteroatoms. The van der Waals surface area contributed by atoms with Crippen molar-refractivity contribution in [2.75, 3.05) is 38.6 Å². The predicted molar refractivity (Wildman–Crippen MR) is 84.7 cm³/mol. The summed E-state index contributed by atoms with van der Waals surface area (Å²) in [5.74, 6) is -0.988. The van der Waals surface area contributed by atoms with Gasteiger partial charge in [0.15, 0.2) is 16.6 Å². The first-order valence-electron chi connectivity index (χ1n) is 6.87. The molecule has 6 nitrogen and oxygen atoms in total. The van der Waals surface area contributed by atoms with Crippen molar-refractivity contribution in [3.8, 4) is 0 Å². The van der Waals surface area contributed by atoms with Crippen LogP contribution in [0.5, 0.6) is 0 Å². The van der Waals surface area contributed by atoms with Crippen LogP contribution in [0.3, 0.4) is 0 Å². The molecule has 1 heterocycles. The zero-order chi connectivity index (χ0) is 16.2. The van der Waals surface area contributed by atoms with Crippen LogP contribution < -0.4 is 4.90 Å². The van der Waals surface area contributed by atoms with Crippen molar-refractivity contribution in [3.05, 3.63) is 10.6 Å². The van der Waals surface area contributed by atoms with Crippen LogP contribution in [-0.4, -0.2) is 60.5 Å². The van der Waals surface area contributed by atoms with E-state index in [1.165, 1.54) is 6.92 Å². The molecule has 0 saturated heterocycles. The van der Waals surface area contributed by atoms with Gasteiger partial charge < -0.3 is 14.9 Å². The summed E-state index contributed by atoms with van der Waals surface area (Å²) in [5, 5.41) is 9.78. The number of rotatable bonds is 8. The molecular weight excluding hydrogens is 290 g/mol. The van der Waals surface area contributed by atoms with Gasteiger partial charge in [-0.1, -0.05) is 25.2 Å². The van der Waals surface area contributed by atoms with Crippen LogP contribution in [0.15, 0.2) is 0 Å². The maximum Gasteiger partial charge on any atom is 0.356 e. The molecule has 0 unspecified atom stereocenters. The SMILES string of the molecule is CC(=O)c1sc(N(CCN(C)C)CC(C)C)nc1C(=O)O. The summed E-state index contributed by atoms with van der Waals surface area (Å²) in [6.07, 6.45) is 0. The molecule has 0 aliphatic heterocycles. The van der Waals surface area contributed by atoms with E-state index < -0.39 is 5.97 Å². The highest BCUT2D eigenvalue weighted by atomic mass is 32.1. The van der Waals surface area contributed by atoms with Crippen molar-refractivity contribution in [2.24, 2.45) is 5.92 Å². The van der Waals surface area contributed by atoms with E-state index in [0.29, 0.717) is 11.0 Å². The molecule has 0 fully saturated rings. The molecule has 0 aliphatic rings. The number of aromatic carboxylic acids is 1. The van der Waals surface area contributed by atoms with Crippen molar-refractivity contribution >= 4 is 28.2 Å². The van der Waals surface area contributed by atoms with Gasteiger partial charge in [0.05, 0.1) is 0 Å². The molecule has 0 spiro atoms. The molecule has 1 aromatic heterocycles. The number of carbonyl (C=O) groups excluding carboxylic acids is 1. The topological polar surface area (TPSA) is 73.7 Å². The number of likely N-dealkylation sites (N-methyl/N-ethyl adjacent to an activating group) is 1. The van der Waals surface area contributed by atoms with E-state index in [4.69, 9.17) is 0 Å². The van der Waals surface area contributed by atoms with Gasteiger partial charge in [-0.2, -0.15) is 0 Å². The number of Topliss-reactive ketones (excluding diaryl/α,β-unsaturated/α-hetero) is 1. The number of aromatic nitrogens is 1.